The van der Waals surface area contributed by atoms with Gasteiger partial charge in [-0.25, -0.2) is 8.78 Å². The summed E-state index contributed by atoms with van der Waals surface area (Å²) in [6.45, 7) is 2.92. The van der Waals surface area contributed by atoms with E-state index in [2.05, 4.69) is 16.8 Å². The molecule has 0 radical (unpaired) electrons. The first kappa shape index (κ1) is 24.1. The number of benzene rings is 2. The van der Waals surface area contributed by atoms with Crippen LogP contribution in [0.5, 0.6) is 5.75 Å². The third-order valence-corrected chi connectivity index (χ3v) is 7.04. The minimum Gasteiger partial charge on any atom is -0.460 e. The highest BCUT2D eigenvalue weighted by Gasteiger charge is 2.31. The molecule has 1 amide bonds. The average molecular weight is 488 g/mol. The van der Waals surface area contributed by atoms with E-state index in [4.69, 9.17) is 10.5 Å². The van der Waals surface area contributed by atoms with Crippen LogP contribution in [0, 0.1) is 11.6 Å². The topological polar surface area (TPSA) is 71.3 Å². The normalized spacial score (nSPS) is 16.0. The summed E-state index contributed by atoms with van der Waals surface area (Å²) >= 11 is 0. The lowest BCUT2D eigenvalue weighted by Crippen LogP contribution is -2.41. The predicted molar refractivity (Wildman–Crippen MR) is 130 cm³/mol. The molecule has 0 bridgehead atoms. The second kappa shape index (κ2) is 9.66. The van der Waals surface area contributed by atoms with Gasteiger partial charge < -0.3 is 20.4 Å². The van der Waals surface area contributed by atoms with Crippen LogP contribution in [0.15, 0.2) is 48.5 Å². The molecule has 0 spiro atoms. The minimum absolute atomic E-state index is 0. The van der Waals surface area contributed by atoms with Gasteiger partial charge in [0, 0.05) is 47.2 Å². The summed E-state index contributed by atoms with van der Waals surface area (Å²) in [5, 5.41) is 0.911. The summed E-state index contributed by atoms with van der Waals surface area (Å²) < 4.78 is 33.8. The zero-order valence-electron chi connectivity index (χ0n) is 18.9. The lowest BCUT2D eigenvalue weighted by atomic mass is 9.88. The molecule has 5 nitrogen and oxygen atoms in total. The maximum Gasteiger partial charge on any atom is 0.249 e. The molecule has 34 heavy (non-hydrogen) atoms. The van der Waals surface area contributed by atoms with Gasteiger partial charge in [-0.1, -0.05) is 6.92 Å². The zero-order valence-corrected chi connectivity index (χ0v) is 19.8. The molecule has 0 saturated heterocycles. The Morgan fingerprint density at radius 2 is 2.06 bits per heavy atom. The summed E-state index contributed by atoms with van der Waals surface area (Å²) in [5.41, 5.74) is 9.28. The molecule has 0 unspecified atom stereocenters. The van der Waals surface area contributed by atoms with Crippen molar-refractivity contribution in [3.63, 3.8) is 0 Å². The van der Waals surface area contributed by atoms with Crippen LogP contribution >= 0.6 is 12.4 Å². The Labute approximate surface area is 203 Å². The number of nitrogens with two attached hydrogens (primary N) is 1. The van der Waals surface area contributed by atoms with Crippen molar-refractivity contribution in [2.45, 2.75) is 51.0 Å². The fourth-order valence-corrected chi connectivity index (χ4v) is 4.92. The molecule has 2 aliphatic rings. The van der Waals surface area contributed by atoms with Crippen LogP contribution < -0.4 is 10.5 Å². The third-order valence-electron chi connectivity index (χ3n) is 7.04. The van der Waals surface area contributed by atoms with Crippen molar-refractivity contribution in [2.24, 2.45) is 5.73 Å². The van der Waals surface area contributed by atoms with Crippen molar-refractivity contribution >= 4 is 29.2 Å². The Bertz CT molecular complexity index is 1250. The Balaban J connectivity index is 0.00000274. The molecular weight excluding hydrogens is 460 g/mol. The molecule has 5 rings (SSSR count). The second-order valence-electron chi connectivity index (χ2n) is 9.07. The van der Waals surface area contributed by atoms with Gasteiger partial charge in [-0.3, -0.25) is 4.79 Å². The number of rotatable bonds is 7. The number of hydrogen-bond donors (Lipinski definition) is 2. The van der Waals surface area contributed by atoms with Crippen LogP contribution in [-0.4, -0.2) is 28.4 Å². The zero-order chi connectivity index (χ0) is 23.1. The van der Waals surface area contributed by atoms with Crippen molar-refractivity contribution in [3.8, 4) is 5.75 Å². The van der Waals surface area contributed by atoms with E-state index in [0.29, 0.717) is 23.6 Å². The fraction of sp³-hybridized carbons (Fsp3) is 0.346. The molecule has 1 aliphatic heterocycles. The monoisotopic (exact) mass is 487 g/mol. The molecule has 2 aromatic carbocycles. The number of primary amides is 1. The molecule has 3 N–H and O–H groups in total. The number of hydrogen-bond acceptors (Lipinski definition) is 3. The van der Waals surface area contributed by atoms with Crippen molar-refractivity contribution in [2.75, 3.05) is 6.54 Å². The summed E-state index contributed by atoms with van der Waals surface area (Å²) in [7, 11) is 0. The van der Waals surface area contributed by atoms with E-state index in [0.717, 1.165) is 48.0 Å². The Kier molecular flexibility index (Phi) is 6.84. The molecule has 1 atom stereocenters. The van der Waals surface area contributed by atoms with Gasteiger partial charge in [0.2, 0.25) is 5.91 Å². The first-order chi connectivity index (χ1) is 15.9. The molecule has 1 fully saturated rings. The van der Waals surface area contributed by atoms with Crippen molar-refractivity contribution < 1.29 is 18.3 Å². The van der Waals surface area contributed by atoms with E-state index >= 15 is 0 Å². The average Bonchev–Trinajstić information content (AvgIpc) is 3.18. The third kappa shape index (κ3) is 4.37. The van der Waals surface area contributed by atoms with Gasteiger partial charge in [0.05, 0.1) is 5.70 Å². The van der Waals surface area contributed by atoms with E-state index < -0.39 is 11.7 Å². The van der Waals surface area contributed by atoms with Crippen LogP contribution in [0.4, 0.5) is 8.78 Å². The van der Waals surface area contributed by atoms with Crippen LogP contribution in [-0.2, 0) is 6.42 Å². The predicted octanol–water partition coefficient (Wildman–Crippen LogP) is 5.79. The van der Waals surface area contributed by atoms with Crippen LogP contribution in [0.3, 0.4) is 0 Å². The van der Waals surface area contributed by atoms with Crippen LogP contribution in [0.1, 0.15) is 60.0 Å². The Morgan fingerprint density at radius 3 is 2.76 bits per heavy atom. The summed E-state index contributed by atoms with van der Waals surface area (Å²) in [6, 6.07) is 7.83. The Morgan fingerprint density at radius 1 is 1.26 bits per heavy atom. The number of carbonyl (C=O) groups is 1. The smallest absolute Gasteiger partial charge is 0.249 e. The minimum atomic E-state index is -0.591. The number of amides is 1. The number of H-pyrrole nitrogens is 1. The fourth-order valence-electron chi connectivity index (χ4n) is 4.92. The number of ether oxygens (including phenoxy) is 1. The maximum atomic E-state index is 14.3. The van der Waals surface area contributed by atoms with Crippen LogP contribution in [0.2, 0.25) is 0 Å². The van der Waals surface area contributed by atoms with Crippen LogP contribution in [0.25, 0.3) is 10.9 Å². The van der Waals surface area contributed by atoms with Gasteiger partial charge >= 0.3 is 0 Å². The maximum absolute atomic E-state index is 14.3. The highest BCUT2D eigenvalue weighted by molar-refractivity contribution is 5.95. The molecule has 180 valence electrons. The molecule has 3 aromatic rings. The lowest BCUT2D eigenvalue weighted by Gasteiger charge is -2.42. The number of aromatic amines is 1. The van der Waals surface area contributed by atoms with Gasteiger partial charge in [0.25, 0.3) is 0 Å². The molecule has 1 aromatic heterocycles. The molecule has 2 heterocycles. The van der Waals surface area contributed by atoms with Gasteiger partial charge in [-0.15, -0.1) is 12.4 Å². The van der Waals surface area contributed by atoms with Crippen molar-refractivity contribution in [3.05, 3.63) is 76.8 Å². The van der Waals surface area contributed by atoms with Gasteiger partial charge in [-0.2, -0.15) is 0 Å². The number of nitrogens with zero attached hydrogens (tertiary/aromatic N) is 1. The Hall–Kier alpha value is -3.06. The quantitative estimate of drug-likeness (QED) is 0.443. The van der Waals surface area contributed by atoms with Gasteiger partial charge in [-0.05, 0) is 67.5 Å². The first-order valence-electron chi connectivity index (χ1n) is 11.4. The second-order valence-corrected chi connectivity index (χ2v) is 9.07. The molecule has 1 aliphatic carbocycles. The van der Waals surface area contributed by atoms with E-state index in [1.54, 1.807) is 18.4 Å². The molecular formula is C26H28ClF2N3O2. The molecule has 8 heteroatoms. The van der Waals surface area contributed by atoms with Crippen molar-refractivity contribution in [1.29, 1.82) is 0 Å². The number of fused-ring (bicyclic) bond motifs is 2. The number of halogens is 3. The lowest BCUT2D eigenvalue weighted by molar-refractivity contribution is 0.0998. The summed E-state index contributed by atoms with van der Waals surface area (Å²) in [5.74, 6) is -1.04. The standard InChI is InChI=1S/C26H27F2N3O2.ClH/c1-15(22-13-30-24-8-5-16(27)11-20(22)24)9-10-31(17-3-2-4-17)18-12-21-19(26(29)32)6-7-23(28)25(21)33-14-18;/h5-8,11,13-15,17,30H,2-4,9-10,12H2,1H3,(H2,29,32);1H/t15-;/m1./s1. The highest BCUT2D eigenvalue weighted by atomic mass is 35.5. The number of aromatic nitrogens is 1. The highest BCUT2D eigenvalue weighted by Crippen LogP contribution is 2.37. The first-order valence-corrected chi connectivity index (χ1v) is 11.4. The van der Waals surface area contributed by atoms with Gasteiger partial charge in [0.1, 0.15) is 12.1 Å². The van der Waals surface area contributed by atoms with E-state index in [9.17, 15) is 13.6 Å². The van der Waals surface area contributed by atoms with Crippen molar-refractivity contribution in [1.82, 2.24) is 9.88 Å². The van der Waals surface area contributed by atoms with Gasteiger partial charge in [0.15, 0.2) is 11.6 Å². The van der Waals surface area contributed by atoms with E-state index in [1.165, 1.54) is 24.6 Å². The number of allylic oxidation sites excluding steroid dienone is 1. The SMILES string of the molecule is C[C@H](CCN(C1=COc2c(F)ccc(C(N)=O)c2C1)C1CCC1)c1c[nH]c2ccc(F)cc12.Cl. The summed E-state index contributed by atoms with van der Waals surface area (Å²) in [4.78, 5) is 17.5. The molecule has 1 saturated carbocycles. The van der Waals surface area contributed by atoms with E-state index in [-0.39, 0.29) is 29.9 Å². The number of nitrogens with one attached hydrogen (secondary N) is 1. The number of carbonyl (C=O) groups excluding carboxylic acids is 1. The largest absolute Gasteiger partial charge is 0.460 e. The van der Waals surface area contributed by atoms with E-state index in [1.807, 2.05) is 6.20 Å². The summed E-state index contributed by atoms with van der Waals surface area (Å²) in [6.07, 6.45) is 8.17.